The lowest BCUT2D eigenvalue weighted by atomic mass is 9.77. The van der Waals surface area contributed by atoms with Crippen LogP contribution < -0.4 is 15.2 Å². The van der Waals surface area contributed by atoms with Crippen LogP contribution in [0.15, 0.2) is 10.5 Å². The molecule has 5 heteroatoms. The summed E-state index contributed by atoms with van der Waals surface area (Å²) in [7, 11) is 0. The highest BCUT2D eigenvalue weighted by Gasteiger charge is 2.38. The van der Waals surface area contributed by atoms with Crippen LogP contribution in [0.3, 0.4) is 0 Å². The monoisotopic (exact) mass is 325 g/mol. The van der Waals surface area contributed by atoms with E-state index in [-0.39, 0.29) is 6.79 Å². The van der Waals surface area contributed by atoms with E-state index in [0.717, 1.165) is 42.0 Å². The molecule has 4 nitrogen and oxygen atoms in total. The fourth-order valence-corrected chi connectivity index (χ4v) is 3.87. The van der Waals surface area contributed by atoms with Crippen LogP contribution in [0.1, 0.15) is 48.0 Å². The van der Waals surface area contributed by atoms with Crippen LogP contribution in [0.4, 0.5) is 0 Å². The average molecular weight is 326 g/mol. The summed E-state index contributed by atoms with van der Waals surface area (Å²) in [5, 5.41) is 0. The number of carbonyl (C=O) groups is 1. The SMILES string of the molecule is NC1(c2c(Br)cc(C=O)c3c2OCO3)CCCCC1. The third-order valence-corrected chi connectivity index (χ3v) is 4.62. The summed E-state index contributed by atoms with van der Waals surface area (Å²) in [6.45, 7) is 0.149. The van der Waals surface area contributed by atoms with Crippen LogP contribution in [0.2, 0.25) is 0 Å². The highest BCUT2D eigenvalue weighted by Crippen LogP contribution is 2.49. The molecule has 2 aliphatic rings. The highest BCUT2D eigenvalue weighted by atomic mass is 79.9. The second-order valence-electron chi connectivity index (χ2n) is 5.22. The summed E-state index contributed by atoms with van der Waals surface area (Å²) in [6, 6.07) is 1.78. The van der Waals surface area contributed by atoms with Crippen molar-refractivity contribution in [3.8, 4) is 11.5 Å². The Labute approximate surface area is 120 Å². The number of fused-ring (bicyclic) bond motifs is 1. The fourth-order valence-electron chi connectivity index (χ4n) is 3.05. The zero-order valence-corrected chi connectivity index (χ0v) is 12.2. The van der Waals surface area contributed by atoms with E-state index in [1.165, 1.54) is 6.42 Å². The first-order valence-electron chi connectivity index (χ1n) is 6.52. The predicted molar refractivity (Wildman–Crippen MR) is 74.6 cm³/mol. The van der Waals surface area contributed by atoms with Gasteiger partial charge in [-0.05, 0) is 18.9 Å². The highest BCUT2D eigenvalue weighted by molar-refractivity contribution is 9.10. The lowest BCUT2D eigenvalue weighted by molar-refractivity contribution is 0.111. The van der Waals surface area contributed by atoms with Gasteiger partial charge in [0.05, 0.1) is 5.56 Å². The molecule has 2 N–H and O–H groups in total. The molecule has 0 bridgehead atoms. The maximum absolute atomic E-state index is 11.1. The van der Waals surface area contributed by atoms with Gasteiger partial charge < -0.3 is 15.2 Å². The summed E-state index contributed by atoms with van der Waals surface area (Å²) >= 11 is 3.54. The van der Waals surface area contributed by atoms with Crippen molar-refractivity contribution in [3.63, 3.8) is 0 Å². The first-order chi connectivity index (χ1) is 9.15. The van der Waals surface area contributed by atoms with Gasteiger partial charge in [0.2, 0.25) is 6.79 Å². The van der Waals surface area contributed by atoms with Gasteiger partial charge in [-0.3, -0.25) is 4.79 Å². The van der Waals surface area contributed by atoms with Gasteiger partial charge in [-0.25, -0.2) is 0 Å². The Hall–Kier alpha value is -1.07. The first kappa shape index (κ1) is 12.9. The van der Waals surface area contributed by atoms with Crippen LogP contribution >= 0.6 is 15.9 Å². The standard InChI is InChI=1S/C14H16BrNO3/c15-10-6-9(7-17)12-13(19-8-18-12)11(10)14(16)4-2-1-3-5-14/h6-7H,1-5,8,16H2. The molecule has 0 aromatic heterocycles. The number of halogens is 1. The third kappa shape index (κ3) is 2.05. The fraction of sp³-hybridized carbons (Fsp3) is 0.500. The van der Waals surface area contributed by atoms with Crippen molar-refractivity contribution in [1.29, 1.82) is 0 Å². The van der Waals surface area contributed by atoms with Crippen LogP contribution in [-0.2, 0) is 5.54 Å². The molecule has 3 rings (SSSR count). The lowest BCUT2D eigenvalue weighted by Crippen LogP contribution is -2.39. The molecule has 1 saturated carbocycles. The van der Waals surface area contributed by atoms with Crippen molar-refractivity contribution in [3.05, 3.63) is 21.7 Å². The molecular formula is C14H16BrNO3. The molecule has 1 aromatic carbocycles. The van der Waals surface area contributed by atoms with E-state index in [9.17, 15) is 4.79 Å². The Morgan fingerprint density at radius 2 is 1.89 bits per heavy atom. The first-order valence-corrected chi connectivity index (χ1v) is 7.32. The number of benzene rings is 1. The van der Waals surface area contributed by atoms with E-state index in [0.29, 0.717) is 17.1 Å². The molecule has 19 heavy (non-hydrogen) atoms. The summed E-state index contributed by atoms with van der Waals surface area (Å²) in [5.41, 5.74) is 7.65. The summed E-state index contributed by atoms with van der Waals surface area (Å²) in [6.07, 6.45) is 6.11. The predicted octanol–water partition coefficient (Wildman–Crippen LogP) is 3.11. The van der Waals surface area contributed by atoms with E-state index in [2.05, 4.69) is 15.9 Å². The second kappa shape index (κ2) is 4.80. The largest absolute Gasteiger partial charge is 0.453 e. The maximum atomic E-state index is 11.1. The van der Waals surface area contributed by atoms with Crippen molar-refractivity contribution in [1.82, 2.24) is 0 Å². The molecule has 1 heterocycles. The number of aldehydes is 1. The van der Waals surface area contributed by atoms with Crippen molar-refractivity contribution in [2.75, 3.05) is 6.79 Å². The van der Waals surface area contributed by atoms with Gasteiger partial charge in [0.25, 0.3) is 0 Å². The molecule has 1 aromatic rings. The van der Waals surface area contributed by atoms with E-state index < -0.39 is 5.54 Å². The Bertz CT molecular complexity index is 524. The van der Waals surface area contributed by atoms with Gasteiger partial charge in [-0.15, -0.1) is 0 Å². The number of hydrogen-bond acceptors (Lipinski definition) is 4. The average Bonchev–Trinajstić information content (AvgIpc) is 2.86. The summed E-state index contributed by atoms with van der Waals surface area (Å²) in [4.78, 5) is 11.1. The lowest BCUT2D eigenvalue weighted by Gasteiger charge is -2.35. The Balaban J connectivity index is 2.16. The summed E-state index contributed by atoms with van der Waals surface area (Å²) in [5.74, 6) is 1.17. The number of carbonyl (C=O) groups excluding carboxylic acids is 1. The van der Waals surface area contributed by atoms with Gasteiger partial charge in [0, 0.05) is 15.6 Å². The molecule has 0 amide bonds. The summed E-state index contributed by atoms with van der Waals surface area (Å²) < 4.78 is 11.8. The number of nitrogens with two attached hydrogens (primary N) is 1. The molecule has 0 saturated heterocycles. The van der Waals surface area contributed by atoms with E-state index in [1.807, 2.05) is 0 Å². The van der Waals surface area contributed by atoms with Gasteiger partial charge >= 0.3 is 0 Å². The topological polar surface area (TPSA) is 61.6 Å². The second-order valence-corrected chi connectivity index (χ2v) is 6.08. The smallest absolute Gasteiger partial charge is 0.231 e. The van der Waals surface area contributed by atoms with E-state index in [1.54, 1.807) is 6.07 Å². The van der Waals surface area contributed by atoms with Crippen molar-refractivity contribution < 1.29 is 14.3 Å². The zero-order valence-electron chi connectivity index (χ0n) is 10.6. The van der Waals surface area contributed by atoms with Crippen molar-refractivity contribution >= 4 is 22.2 Å². The van der Waals surface area contributed by atoms with Crippen molar-refractivity contribution in [2.45, 2.75) is 37.6 Å². The molecule has 0 spiro atoms. The van der Waals surface area contributed by atoms with Gasteiger partial charge in [-0.2, -0.15) is 0 Å². The number of rotatable bonds is 2. The van der Waals surface area contributed by atoms with Gasteiger partial charge in [0.15, 0.2) is 17.8 Å². The minimum absolute atomic E-state index is 0.149. The van der Waals surface area contributed by atoms with E-state index >= 15 is 0 Å². The Morgan fingerprint density at radius 1 is 1.21 bits per heavy atom. The normalized spacial score (nSPS) is 20.3. The van der Waals surface area contributed by atoms with Crippen LogP contribution in [0.5, 0.6) is 11.5 Å². The Morgan fingerprint density at radius 3 is 2.58 bits per heavy atom. The molecule has 1 aliphatic heterocycles. The molecular weight excluding hydrogens is 310 g/mol. The van der Waals surface area contributed by atoms with E-state index in [4.69, 9.17) is 15.2 Å². The minimum Gasteiger partial charge on any atom is -0.453 e. The number of hydrogen-bond donors (Lipinski definition) is 1. The zero-order chi connectivity index (χ0) is 13.5. The molecule has 0 radical (unpaired) electrons. The molecule has 1 aliphatic carbocycles. The van der Waals surface area contributed by atoms with Crippen LogP contribution in [0, 0.1) is 0 Å². The third-order valence-electron chi connectivity index (χ3n) is 3.99. The van der Waals surface area contributed by atoms with Crippen LogP contribution in [-0.4, -0.2) is 13.1 Å². The number of ether oxygens (including phenoxy) is 2. The molecule has 0 unspecified atom stereocenters. The molecule has 1 fully saturated rings. The quantitative estimate of drug-likeness (QED) is 0.849. The molecule has 102 valence electrons. The van der Waals surface area contributed by atoms with Crippen molar-refractivity contribution in [2.24, 2.45) is 5.73 Å². The van der Waals surface area contributed by atoms with Gasteiger partial charge in [-0.1, -0.05) is 35.2 Å². The Kier molecular flexibility index (Phi) is 3.27. The minimum atomic E-state index is -0.393. The maximum Gasteiger partial charge on any atom is 0.231 e. The van der Waals surface area contributed by atoms with Crippen LogP contribution in [0.25, 0.3) is 0 Å². The molecule has 0 atom stereocenters. The van der Waals surface area contributed by atoms with Gasteiger partial charge in [0.1, 0.15) is 0 Å².